The highest BCUT2D eigenvalue weighted by atomic mass is 16.4. The van der Waals surface area contributed by atoms with Crippen LogP contribution in [0.3, 0.4) is 0 Å². The Morgan fingerprint density at radius 2 is 1.72 bits per heavy atom. The van der Waals surface area contributed by atoms with Gasteiger partial charge >= 0.3 is 5.97 Å². The van der Waals surface area contributed by atoms with Crippen molar-refractivity contribution in [3.05, 3.63) is 64.7 Å². The maximum Gasteiger partial charge on any atom is 0.310 e. The van der Waals surface area contributed by atoms with Crippen LogP contribution in [0.2, 0.25) is 0 Å². The van der Waals surface area contributed by atoms with E-state index in [2.05, 4.69) is 23.2 Å². The molecule has 5 nitrogen and oxygen atoms in total. The molecule has 152 valence electrons. The third-order valence-corrected chi connectivity index (χ3v) is 6.28. The zero-order valence-electron chi connectivity index (χ0n) is 16.9. The van der Waals surface area contributed by atoms with Gasteiger partial charge in [-0.05, 0) is 54.1 Å². The fourth-order valence-corrected chi connectivity index (χ4v) is 4.69. The van der Waals surface area contributed by atoms with Gasteiger partial charge in [-0.3, -0.25) is 14.5 Å². The third kappa shape index (κ3) is 3.92. The van der Waals surface area contributed by atoms with Crippen LogP contribution >= 0.6 is 0 Å². The third-order valence-electron chi connectivity index (χ3n) is 6.28. The number of amides is 1. The molecular formula is C24H28N2O3. The molecule has 0 atom stereocenters. The van der Waals surface area contributed by atoms with E-state index < -0.39 is 11.4 Å². The lowest BCUT2D eigenvalue weighted by Gasteiger charge is -2.23. The number of anilines is 1. The molecule has 5 heteroatoms. The molecule has 29 heavy (non-hydrogen) atoms. The molecule has 1 heterocycles. The van der Waals surface area contributed by atoms with Crippen molar-refractivity contribution in [3.63, 3.8) is 0 Å². The summed E-state index contributed by atoms with van der Waals surface area (Å²) < 4.78 is 0. The lowest BCUT2D eigenvalue weighted by Crippen LogP contribution is -2.36. The molecule has 0 radical (unpaired) electrons. The van der Waals surface area contributed by atoms with E-state index in [1.807, 2.05) is 36.4 Å². The summed E-state index contributed by atoms with van der Waals surface area (Å²) in [5.41, 5.74) is 4.25. The minimum atomic E-state index is -1.06. The van der Waals surface area contributed by atoms with E-state index in [1.54, 1.807) is 0 Å². The Morgan fingerprint density at radius 3 is 2.38 bits per heavy atom. The van der Waals surface area contributed by atoms with Gasteiger partial charge in [0.1, 0.15) is 0 Å². The first-order valence-corrected chi connectivity index (χ1v) is 10.4. The number of carbonyl (C=O) groups is 2. The summed E-state index contributed by atoms with van der Waals surface area (Å²) in [6.45, 7) is 4.99. The van der Waals surface area contributed by atoms with Gasteiger partial charge in [-0.15, -0.1) is 0 Å². The second kappa shape index (κ2) is 7.99. The average molecular weight is 392 g/mol. The summed E-state index contributed by atoms with van der Waals surface area (Å²) in [5, 5.41) is 13.0. The second-order valence-corrected chi connectivity index (χ2v) is 8.44. The number of hydrogen-bond donors (Lipinski definition) is 2. The predicted octanol–water partition coefficient (Wildman–Crippen LogP) is 4.00. The number of carboxylic acid groups (broad SMARTS) is 1. The van der Waals surface area contributed by atoms with E-state index in [0.717, 1.165) is 54.9 Å². The number of nitrogens with one attached hydrogen (secondary N) is 1. The van der Waals surface area contributed by atoms with Crippen LogP contribution in [-0.2, 0) is 35.5 Å². The molecule has 1 aliphatic carbocycles. The highest BCUT2D eigenvalue weighted by molar-refractivity contribution is 5.95. The van der Waals surface area contributed by atoms with Crippen molar-refractivity contribution >= 4 is 17.6 Å². The number of unbranched alkanes of at least 4 members (excludes halogenated alkanes) is 1. The molecule has 2 aromatic carbocycles. The molecule has 0 spiro atoms. The number of aliphatic carboxylic acids is 1. The summed E-state index contributed by atoms with van der Waals surface area (Å²) >= 11 is 0. The van der Waals surface area contributed by atoms with Crippen LogP contribution in [0.1, 0.15) is 48.4 Å². The number of rotatable bonds is 7. The average Bonchev–Trinajstić information content (AvgIpc) is 3.28. The highest BCUT2D eigenvalue weighted by Gasteiger charge is 2.45. The molecule has 2 aliphatic rings. The molecule has 2 aromatic rings. The molecule has 0 saturated carbocycles. The quantitative estimate of drug-likeness (QED) is 0.747. The molecule has 4 rings (SSSR count). The van der Waals surface area contributed by atoms with E-state index in [-0.39, 0.29) is 12.3 Å². The fraction of sp³-hybridized carbons (Fsp3) is 0.417. The van der Waals surface area contributed by atoms with Crippen LogP contribution < -0.4 is 5.32 Å². The van der Waals surface area contributed by atoms with Crippen LogP contribution in [0.15, 0.2) is 42.5 Å². The first-order chi connectivity index (χ1) is 14.0. The van der Waals surface area contributed by atoms with Gasteiger partial charge in [0.15, 0.2) is 0 Å². The smallest absolute Gasteiger partial charge is 0.310 e. The second-order valence-electron chi connectivity index (χ2n) is 8.44. The molecular weight excluding hydrogens is 364 g/mol. The van der Waals surface area contributed by atoms with Gasteiger partial charge in [0.05, 0.1) is 5.41 Å². The number of benzene rings is 2. The molecule has 0 fully saturated rings. The van der Waals surface area contributed by atoms with Crippen molar-refractivity contribution in [3.8, 4) is 0 Å². The monoisotopic (exact) mass is 392 g/mol. The van der Waals surface area contributed by atoms with Crippen LogP contribution in [0.25, 0.3) is 0 Å². The Bertz CT molecular complexity index is 912. The van der Waals surface area contributed by atoms with E-state index in [0.29, 0.717) is 12.8 Å². The molecule has 1 amide bonds. The molecule has 0 aromatic heterocycles. The zero-order valence-corrected chi connectivity index (χ0v) is 16.9. The Kier molecular flexibility index (Phi) is 5.41. The van der Waals surface area contributed by atoms with Gasteiger partial charge in [-0.1, -0.05) is 49.7 Å². The minimum absolute atomic E-state index is 0.0137. The van der Waals surface area contributed by atoms with Gasteiger partial charge in [-0.2, -0.15) is 0 Å². The first kappa shape index (κ1) is 19.6. The van der Waals surface area contributed by atoms with Crippen molar-refractivity contribution in [2.75, 3.05) is 11.9 Å². The predicted molar refractivity (Wildman–Crippen MR) is 113 cm³/mol. The standard InChI is InChI=1S/C24H28N2O3/c1-2-3-11-26-15-19-9-6-10-21(20(19)16-26)25-22(27)14-24(23(28)29)12-17-7-4-5-8-18(17)13-24/h4-10H,2-3,11-16H2,1H3,(H,25,27)(H,28,29). The van der Waals surface area contributed by atoms with Gasteiger partial charge in [0.25, 0.3) is 0 Å². The Hall–Kier alpha value is -2.66. The molecule has 0 unspecified atom stereocenters. The molecule has 2 N–H and O–H groups in total. The first-order valence-electron chi connectivity index (χ1n) is 10.4. The summed E-state index contributed by atoms with van der Waals surface area (Å²) in [7, 11) is 0. The van der Waals surface area contributed by atoms with E-state index in [4.69, 9.17) is 0 Å². The topological polar surface area (TPSA) is 69.6 Å². The Balaban J connectivity index is 1.47. The van der Waals surface area contributed by atoms with Crippen LogP contribution in [0.4, 0.5) is 5.69 Å². The van der Waals surface area contributed by atoms with Gasteiger partial charge in [-0.25, -0.2) is 0 Å². The summed E-state index contributed by atoms with van der Waals surface area (Å²) in [6, 6.07) is 13.8. The van der Waals surface area contributed by atoms with Crippen molar-refractivity contribution < 1.29 is 14.7 Å². The lowest BCUT2D eigenvalue weighted by atomic mass is 9.81. The minimum Gasteiger partial charge on any atom is -0.481 e. The number of carbonyl (C=O) groups excluding carboxylic acids is 1. The van der Waals surface area contributed by atoms with Crippen LogP contribution in [0.5, 0.6) is 0 Å². The number of fused-ring (bicyclic) bond motifs is 2. The van der Waals surface area contributed by atoms with Gasteiger partial charge in [0.2, 0.25) is 5.91 Å². The van der Waals surface area contributed by atoms with E-state index in [9.17, 15) is 14.7 Å². The van der Waals surface area contributed by atoms with Crippen molar-refractivity contribution in [1.82, 2.24) is 4.90 Å². The normalized spacial score (nSPS) is 17.0. The van der Waals surface area contributed by atoms with Gasteiger partial charge in [0, 0.05) is 25.2 Å². The molecule has 1 aliphatic heterocycles. The Morgan fingerprint density at radius 1 is 1.03 bits per heavy atom. The van der Waals surface area contributed by atoms with Crippen molar-refractivity contribution in [1.29, 1.82) is 0 Å². The number of carboxylic acids is 1. The van der Waals surface area contributed by atoms with E-state index in [1.165, 1.54) is 5.56 Å². The summed E-state index contributed by atoms with van der Waals surface area (Å²) in [5.74, 6) is -1.12. The fourth-order valence-electron chi connectivity index (χ4n) is 4.69. The molecule has 0 bridgehead atoms. The Labute approximate surface area is 171 Å². The lowest BCUT2D eigenvalue weighted by molar-refractivity contribution is -0.150. The summed E-state index contributed by atoms with van der Waals surface area (Å²) in [4.78, 5) is 27.4. The largest absolute Gasteiger partial charge is 0.481 e. The maximum absolute atomic E-state index is 12.9. The number of hydrogen-bond acceptors (Lipinski definition) is 3. The number of nitrogens with zero attached hydrogens (tertiary/aromatic N) is 1. The van der Waals surface area contributed by atoms with E-state index >= 15 is 0 Å². The van der Waals surface area contributed by atoms with Crippen molar-refractivity contribution in [2.45, 2.75) is 52.1 Å². The van der Waals surface area contributed by atoms with Crippen LogP contribution in [-0.4, -0.2) is 28.4 Å². The maximum atomic E-state index is 12.9. The SMILES string of the molecule is CCCCN1Cc2cccc(NC(=O)CC3(C(=O)O)Cc4ccccc4C3)c2C1. The highest BCUT2D eigenvalue weighted by Crippen LogP contribution is 2.40. The molecule has 0 saturated heterocycles. The van der Waals surface area contributed by atoms with Crippen LogP contribution in [0, 0.1) is 5.41 Å². The zero-order chi connectivity index (χ0) is 20.4. The van der Waals surface area contributed by atoms with Gasteiger partial charge < -0.3 is 10.4 Å². The van der Waals surface area contributed by atoms with Crippen molar-refractivity contribution in [2.24, 2.45) is 5.41 Å². The summed E-state index contributed by atoms with van der Waals surface area (Å²) in [6.07, 6.45) is 3.13.